The number of pyridine rings is 1. The van der Waals surface area contributed by atoms with Crippen LogP contribution < -0.4 is 15.1 Å². The summed E-state index contributed by atoms with van der Waals surface area (Å²) in [6, 6.07) is 13.8. The van der Waals surface area contributed by atoms with Crippen molar-refractivity contribution in [2.45, 2.75) is 26.8 Å². The van der Waals surface area contributed by atoms with E-state index in [-0.39, 0.29) is 0 Å². The van der Waals surface area contributed by atoms with E-state index in [2.05, 4.69) is 38.0 Å². The molecule has 0 spiro atoms. The fourth-order valence-electron chi connectivity index (χ4n) is 4.74. The van der Waals surface area contributed by atoms with Crippen molar-refractivity contribution < 1.29 is 4.42 Å². The second-order valence-electron chi connectivity index (χ2n) is 9.39. The lowest BCUT2D eigenvalue weighted by atomic mass is 10.2. The monoisotopic (exact) mass is 519 g/mol. The molecule has 0 unspecified atom stereocenters. The van der Waals surface area contributed by atoms with Crippen molar-refractivity contribution in [3.63, 3.8) is 0 Å². The molecular formula is C28H34ClN7O. The molecule has 8 nitrogen and oxygen atoms in total. The lowest BCUT2D eigenvalue weighted by Gasteiger charge is -2.34. The van der Waals surface area contributed by atoms with Crippen LogP contribution in [0, 0.1) is 6.92 Å². The van der Waals surface area contributed by atoms with Crippen molar-refractivity contribution in [2.75, 3.05) is 60.9 Å². The Bertz CT molecular complexity index is 1310. The molecule has 4 aromatic rings. The second-order valence-corrected chi connectivity index (χ2v) is 9.83. The van der Waals surface area contributed by atoms with E-state index in [9.17, 15) is 0 Å². The largest absolute Gasteiger partial charge is 0.467 e. The molecule has 1 aliphatic rings. The highest BCUT2D eigenvalue weighted by molar-refractivity contribution is 6.31. The summed E-state index contributed by atoms with van der Waals surface area (Å²) in [5.41, 5.74) is 2.92. The van der Waals surface area contributed by atoms with E-state index in [0.717, 1.165) is 92.0 Å². The number of halogens is 1. The van der Waals surface area contributed by atoms with Crippen molar-refractivity contribution in [3.05, 3.63) is 71.4 Å². The topological polar surface area (TPSA) is 73.6 Å². The third-order valence-electron chi connectivity index (χ3n) is 6.81. The maximum Gasteiger partial charge on any atom is 0.227 e. The molecule has 194 valence electrons. The fourth-order valence-corrected chi connectivity index (χ4v) is 4.90. The van der Waals surface area contributed by atoms with Gasteiger partial charge in [-0.3, -0.25) is 4.98 Å². The zero-order valence-electron chi connectivity index (χ0n) is 21.5. The Kier molecular flexibility index (Phi) is 8.06. The Labute approximate surface area is 223 Å². The number of hydrogen-bond acceptors (Lipinski definition) is 8. The minimum atomic E-state index is 0.656. The first-order valence-corrected chi connectivity index (χ1v) is 13.4. The number of fused-ring (bicyclic) bond motifs is 1. The van der Waals surface area contributed by atoms with Gasteiger partial charge in [-0.05, 0) is 56.3 Å². The van der Waals surface area contributed by atoms with Gasteiger partial charge in [-0.1, -0.05) is 18.5 Å². The Morgan fingerprint density at radius 1 is 1.08 bits per heavy atom. The Balaban J connectivity index is 1.29. The summed E-state index contributed by atoms with van der Waals surface area (Å²) < 4.78 is 5.69. The summed E-state index contributed by atoms with van der Waals surface area (Å²) in [6.07, 6.45) is 4.46. The highest BCUT2D eigenvalue weighted by Gasteiger charge is 2.20. The standard InChI is InChI=1S/C28H34ClN7O/c1-3-34-13-15-35(16-14-34)28-32-21(2)18-27(33-28)36(20-23-6-4-17-37-23)12-5-10-30-25-9-11-31-26-19-22(29)7-8-24(25)26/h4,6-9,11,17-19H,3,5,10,12-16,20H2,1-2H3,(H,30,31). The summed E-state index contributed by atoms with van der Waals surface area (Å²) in [7, 11) is 0. The number of rotatable bonds is 10. The molecule has 4 heterocycles. The summed E-state index contributed by atoms with van der Waals surface area (Å²) in [5.74, 6) is 2.66. The van der Waals surface area contributed by atoms with Gasteiger partial charge in [0.15, 0.2) is 0 Å². The first-order valence-electron chi connectivity index (χ1n) is 13.0. The molecular weight excluding hydrogens is 486 g/mol. The average molecular weight is 520 g/mol. The maximum atomic E-state index is 6.14. The van der Waals surface area contributed by atoms with Gasteiger partial charge in [-0.2, -0.15) is 4.98 Å². The summed E-state index contributed by atoms with van der Waals surface area (Å²) in [6.45, 7) is 11.6. The third kappa shape index (κ3) is 6.32. The number of nitrogens with zero attached hydrogens (tertiary/aromatic N) is 6. The minimum Gasteiger partial charge on any atom is -0.467 e. The molecule has 0 amide bonds. The predicted molar refractivity (Wildman–Crippen MR) is 151 cm³/mol. The molecule has 1 aromatic carbocycles. The second kappa shape index (κ2) is 11.8. The van der Waals surface area contributed by atoms with E-state index in [1.54, 1.807) is 6.26 Å². The van der Waals surface area contributed by atoms with Crippen LogP contribution >= 0.6 is 11.6 Å². The van der Waals surface area contributed by atoms with Crippen LogP contribution in [0.25, 0.3) is 10.9 Å². The molecule has 0 bridgehead atoms. The van der Waals surface area contributed by atoms with Crippen LogP contribution in [0.3, 0.4) is 0 Å². The summed E-state index contributed by atoms with van der Waals surface area (Å²) in [5, 5.41) is 5.34. The predicted octanol–water partition coefficient (Wildman–Crippen LogP) is 5.23. The van der Waals surface area contributed by atoms with Crippen LogP contribution in [-0.4, -0.2) is 65.7 Å². The van der Waals surface area contributed by atoms with Crippen LogP contribution in [0.15, 0.2) is 59.3 Å². The molecule has 1 saturated heterocycles. The number of hydrogen-bond donors (Lipinski definition) is 1. The van der Waals surface area contributed by atoms with Gasteiger partial charge < -0.3 is 24.4 Å². The number of aryl methyl sites for hydroxylation is 1. The molecule has 0 saturated carbocycles. The van der Waals surface area contributed by atoms with Gasteiger partial charge in [0, 0.05) is 73.3 Å². The van der Waals surface area contributed by atoms with Gasteiger partial charge in [0.25, 0.3) is 0 Å². The van der Waals surface area contributed by atoms with Crippen LogP contribution in [-0.2, 0) is 6.54 Å². The van der Waals surface area contributed by atoms with Crippen molar-refractivity contribution in [3.8, 4) is 0 Å². The molecule has 0 radical (unpaired) electrons. The third-order valence-corrected chi connectivity index (χ3v) is 7.04. The maximum absolute atomic E-state index is 6.14. The van der Waals surface area contributed by atoms with Gasteiger partial charge in [-0.15, -0.1) is 0 Å². The van der Waals surface area contributed by atoms with Gasteiger partial charge in [0.05, 0.1) is 18.3 Å². The molecule has 1 N–H and O–H groups in total. The molecule has 3 aromatic heterocycles. The first kappa shape index (κ1) is 25.3. The lowest BCUT2D eigenvalue weighted by molar-refractivity contribution is 0.270. The number of aromatic nitrogens is 3. The lowest BCUT2D eigenvalue weighted by Crippen LogP contribution is -2.47. The minimum absolute atomic E-state index is 0.656. The van der Waals surface area contributed by atoms with Crippen molar-refractivity contribution >= 4 is 40.0 Å². The summed E-state index contributed by atoms with van der Waals surface area (Å²) >= 11 is 6.14. The Morgan fingerprint density at radius 3 is 2.73 bits per heavy atom. The fraction of sp³-hybridized carbons (Fsp3) is 0.393. The molecule has 9 heteroatoms. The highest BCUT2D eigenvalue weighted by Crippen LogP contribution is 2.25. The van der Waals surface area contributed by atoms with E-state index >= 15 is 0 Å². The van der Waals surface area contributed by atoms with E-state index in [4.69, 9.17) is 26.0 Å². The van der Waals surface area contributed by atoms with Crippen molar-refractivity contribution in [2.24, 2.45) is 0 Å². The van der Waals surface area contributed by atoms with Crippen LogP contribution in [0.2, 0.25) is 5.02 Å². The molecule has 0 aliphatic carbocycles. The van der Waals surface area contributed by atoms with Crippen LogP contribution in [0.4, 0.5) is 17.5 Å². The van der Waals surface area contributed by atoms with Gasteiger partial charge >= 0.3 is 0 Å². The van der Waals surface area contributed by atoms with E-state index in [0.29, 0.717) is 11.6 Å². The zero-order chi connectivity index (χ0) is 25.6. The van der Waals surface area contributed by atoms with Gasteiger partial charge in [0.2, 0.25) is 5.95 Å². The van der Waals surface area contributed by atoms with Crippen molar-refractivity contribution in [1.29, 1.82) is 0 Å². The molecule has 0 atom stereocenters. The van der Waals surface area contributed by atoms with E-state index < -0.39 is 0 Å². The number of furan rings is 1. The quantitative estimate of drug-likeness (QED) is 0.285. The Hall–Kier alpha value is -3.36. The van der Waals surface area contributed by atoms with E-state index in [1.807, 2.05) is 49.5 Å². The molecule has 5 rings (SSSR count). The Morgan fingerprint density at radius 2 is 1.95 bits per heavy atom. The normalized spacial score (nSPS) is 14.3. The van der Waals surface area contributed by atoms with Gasteiger partial charge in [0.1, 0.15) is 11.6 Å². The van der Waals surface area contributed by atoms with Crippen LogP contribution in [0.1, 0.15) is 24.8 Å². The molecule has 1 fully saturated rings. The number of nitrogens with one attached hydrogen (secondary N) is 1. The number of anilines is 3. The number of piperazine rings is 1. The number of benzene rings is 1. The first-order chi connectivity index (χ1) is 18.1. The molecule has 37 heavy (non-hydrogen) atoms. The summed E-state index contributed by atoms with van der Waals surface area (Å²) in [4.78, 5) is 21.3. The van der Waals surface area contributed by atoms with E-state index in [1.165, 1.54) is 0 Å². The average Bonchev–Trinajstić information content (AvgIpc) is 3.43. The van der Waals surface area contributed by atoms with Gasteiger partial charge in [-0.25, -0.2) is 4.98 Å². The SMILES string of the molecule is CCN1CCN(c2nc(C)cc(N(CCCNc3ccnc4cc(Cl)ccc34)Cc3ccco3)n2)CC1. The van der Waals surface area contributed by atoms with Crippen LogP contribution in [0.5, 0.6) is 0 Å². The van der Waals surface area contributed by atoms with Crippen molar-refractivity contribution in [1.82, 2.24) is 19.9 Å². The smallest absolute Gasteiger partial charge is 0.227 e. The number of likely N-dealkylation sites (N-methyl/N-ethyl adjacent to an activating group) is 1. The zero-order valence-corrected chi connectivity index (χ0v) is 22.3. The highest BCUT2D eigenvalue weighted by atomic mass is 35.5. The molecule has 1 aliphatic heterocycles.